The molecule has 23 heavy (non-hydrogen) atoms. The summed E-state index contributed by atoms with van der Waals surface area (Å²) in [5.74, 6) is 0.298. The summed E-state index contributed by atoms with van der Waals surface area (Å²) >= 11 is 1.53. The predicted molar refractivity (Wildman–Crippen MR) is 87.3 cm³/mol. The molecule has 2 aromatic rings. The molecular formula is C15H17N3O4S. The van der Waals surface area contributed by atoms with Gasteiger partial charge in [-0.05, 0) is 19.1 Å². The molecule has 0 amide bonds. The molecule has 2 heterocycles. The lowest BCUT2D eigenvalue weighted by atomic mass is 10.2. The summed E-state index contributed by atoms with van der Waals surface area (Å²) in [7, 11) is 0. The van der Waals surface area contributed by atoms with Crippen LogP contribution in [0.1, 0.15) is 18.0 Å². The molecule has 1 aliphatic heterocycles. The summed E-state index contributed by atoms with van der Waals surface area (Å²) in [6.45, 7) is 3.82. The summed E-state index contributed by atoms with van der Waals surface area (Å²) in [6, 6.07) is 5.16. The van der Waals surface area contributed by atoms with Crippen molar-refractivity contribution < 1.29 is 14.4 Å². The van der Waals surface area contributed by atoms with Crippen LogP contribution < -0.4 is 9.64 Å². The van der Waals surface area contributed by atoms with Crippen LogP contribution in [-0.2, 0) is 4.74 Å². The van der Waals surface area contributed by atoms with E-state index in [0.29, 0.717) is 37.7 Å². The van der Waals surface area contributed by atoms with Crippen LogP contribution in [0.4, 0.5) is 11.4 Å². The lowest BCUT2D eigenvalue weighted by Gasteiger charge is -2.33. The second kappa shape index (κ2) is 6.93. The summed E-state index contributed by atoms with van der Waals surface area (Å²) in [4.78, 5) is 17.4. The summed E-state index contributed by atoms with van der Waals surface area (Å²) in [5, 5.41) is 14.3. The maximum Gasteiger partial charge on any atom is 0.333 e. The third kappa shape index (κ3) is 3.27. The highest BCUT2D eigenvalue weighted by Gasteiger charge is 2.30. The van der Waals surface area contributed by atoms with E-state index in [0.717, 1.165) is 5.01 Å². The summed E-state index contributed by atoms with van der Waals surface area (Å²) in [6.07, 6.45) is 1.57. The molecular weight excluding hydrogens is 318 g/mol. The van der Waals surface area contributed by atoms with E-state index < -0.39 is 0 Å². The van der Waals surface area contributed by atoms with Crippen molar-refractivity contribution in [2.45, 2.75) is 13.0 Å². The number of nitro groups is 1. The largest absolute Gasteiger partial charge is 0.487 e. The third-order valence-corrected chi connectivity index (χ3v) is 4.46. The van der Waals surface area contributed by atoms with Gasteiger partial charge >= 0.3 is 5.69 Å². The standard InChI is InChI=1S/C15H17N3O4S/c1-2-21-12-5-3-4-11(14(12)18(19)20)17-7-8-22-13(10-17)15-16-6-9-23-15/h3-6,9,13H,2,7-8,10H2,1H3/t13-/m1/s1. The Morgan fingerprint density at radius 1 is 1.57 bits per heavy atom. The second-order valence-corrected chi connectivity index (χ2v) is 5.92. The van der Waals surface area contributed by atoms with E-state index in [9.17, 15) is 10.1 Å². The van der Waals surface area contributed by atoms with E-state index in [2.05, 4.69) is 4.98 Å². The van der Waals surface area contributed by atoms with Gasteiger partial charge in [-0.25, -0.2) is 4.98 Å². The number of nitro benzene ring substituents is 1. The molecule has 3 rings (SSSR count). The predicted octanol–water partition coefficient (Wildman–Crippen LogP) is 3.03. The van der Waals surface area contributed by atoms with Gasteiger partial charge < -0.3 is 14.4 Å². The molecule has 8 heteroatoms. The Bertz CT molecular complexity index is 677. The third-order valence-electron chi connectivity index (χ3n) is 3.59. The molecule has 7 nitrogen and oxygen atoms in total. The number of hydrogen-bond acceptors (Lipinski definition) is 7. The molecule has 1 aromatic heterocycles. The zero-order valence-electron chi connectivity index (χ0n) is 12.7. The Morgan fingerprint density at radius 2 is 2.43 bits per heavy atom. The monoisotopic (exact) mass is 335 g/mol. The minimum atomic E-state index is -0.381. The average Bonchev–Trinajstić information content (AvgIpc) is 3.09. The average molecular weight is 335 g/mol. The Balaban J connectivity index is 1.91. The van der Waals surface area contributed by atoms with Crippen molar-refractivity contribution in [2.75, 3.05) is 31.2 Å². The van der Waals surface area contributed by atoms with Crippen LogP contribution in [-0.4, -0.2) is 36.2 Å². The van der Waals surface area contributed by atoms with Crippen LogP contribution >= 0.6 is 11.3 Å². The Morgan fingerprint density at radius 3 is 3.13 bits per heavy atom. The highest BCUT2D eigenvalue weighted by atomic mass is 32.1. The molecule has 0 unspecified atom stereocenters. The SMILES string of the molecule is CCOc1cccc(N2CCO[C@@H](c3nccs3)C2)c1[N+](=O)[O-]. The molecule has 0 bridgehead atoms. The maximum absolute atomic E-state index is 11.5. The first-order valence-corrected chi connectivity index (χ1v) is 8.24. The van der Waals surface area contributed by atoms with Crippen LogP contribution in [0.15, 0.2) is 29.8 Å². The second-order valence-electron chi connectivity index (χ2n) is 4.99. The fourth-order valence-electron chi connectivity index (χ4n) is 2.63. The van der Waals surface area contributed by atoms with Gasteiger partial charge in [0.15, 0.2) is 5.75 Å². The van der Waals surface area contributed by atoms with E-state index in [1.807, 2.05) is 17.2 Å². The summed E-state index contributed by atoms with van der Waals surface area (Å²) in [5.41, 5.74) is 0.569. The number of para-hydroxylation sites is 1. The molecule has 122 valence electrons. The van der Waals surface area contributed by atoms with Crippen molar-refractivity contribution in [3.8, 4) is 5.75 Å². The van der Waals surface area contributed by atoms with Gasteiger partial charge in [0.05, 0.1) is 24.7 Å². The number of aromatic nitrogens is 1. The topological polar surface area (TPSA) is 77.7 Å². The molecule has 0 saturated carbocycles. The van der Waals surface area contributed by atoms with Gasteiger partial charge in [-0.2, -0.15) is 0 Å². The smallest absolute Gasteiger partial charge is 0.333 e. The first kappa shape index (κ1) is 15.7. The fraction of sp³-hybridized carbons (Fsp3) is 0.400. The minimum Gasteiger partial charge on any atom is -0.487 e. The van der Waals surface area contributed by atoms with E-state index in [1.165, 1.54) is 11.3 Å². The molecule has 1 aliphatic rings. The first-order valence-electron chi connectivity index (χ1n) is 7.37. The van der Waals surface area contributed by atoms with E-state index in [4.69, 9.17) is 9.47 Å². The molecule has 1 fully saturated rings. The van der Waals surface area contributed by atoms with Crippen LogP contribution in [0, 0.1) is 10.1 Å². The number of anilines is 1. The maximum atomic E-state index is 11.5. The van der Waals surface area contributed by atoms with Crippen LogP contribution in [0.5, 0.6) is 5.75 Å². The van der Waals surface area contributed by atoms with Crippen molar-refractivity contribution in [1.29, 1.82) is 0 Å². The number of hydrogen-bond donors (Lipinski definition) is 0. The fourth-order valence-corrected chi connectivity index (χ4v) is 3.31. The van der Waals surface area contributed by atoms with Crippen LogP contribution in [0.2, 0.25) is 0 Å². The lowest BCUT2D eigenvalue weighted by Crippen LogP contribution is -2.38. The molecule has 0 radical (unpaired) electrons. The number of nitrogens with zero attached hydrogens (tertiary/aromatic N) is 3. The molecule has 1 aromatic carbocycles. The molecule has 1 atom stereocenters. The molecule has 0 spiro atoms. The lowest BCUT2D eigenvalue weighted by molar-refractivity contribution is -0.385. The van der Waals surface area contributed by atoms with E-state index >= 15 is 0 Å². The summed E-state index contributed by atoms with van der Waals surface area (Å²) < 4.78 is 11.2. The number of benzene rings is 1. The van der Waals surface area contributed by atoms with Gasteiger partial charge in [0.2, 0.25) is 0 Å². The quantitative estimate of drug-likeness (QED) is 0.617. The van der Waals surface area contributed by atoms with Crippen molar-refractivity contribution >= 4 is 22.7 Å². The van der Waals surface area contributed by atoms with Crippen molar-refractivity contribution in [1.82, 2.24) is 4.98 Å². The number of morpholine rings is 1. The van der Waals surface area contributed by atoms with Gasteiger partial charge in [-0.15, -0.1) is 11.3 Å². The Kier molecular flexibility index (Phi) is 4.73. The Hall–Kier alpha value is -2.19. The normalized spacial score (nSPS) is 18.0. The minimum absolute atomic E-state index is 0.00846. The van der Waals surface area contributed by atoms with Gasteiger partial charge in [0.25, 0.3) is 0 Å². The van der Waals surface area contributed by atoms with Crippen molar-refractivity contribution in [3.05, 3.63) is 44.9 Å². The number of rotatable bonds is 5. The molecule has 1 saturated heterocycles. The van der Waals surface area contributed by atoms with Gasteiger partial charge in [-0.1, -0.05) is 6.07 Å². The van der Waals surface area contributed by atoms with Crippen LogP contribution in [0.3, 0.4) is 0 Å². The zero-order valence-corrected chi connectivity index (χ0v) is 13.5. The first-order chi connectivity index (χ1) is 11.2. The number of ether oxygens (including phenoxy) is 2. The van der Waals surface area contributed by atoms with E-state index in [-0.39, 0.29) is 16.7 Å². The Labute approximate surface area is 137 Å². The van der Waals surface area contributed by atoms with Gasteiger partial charge in [0.1, 0.15) is 16.8 Å². The molecule has 0 aliphatic carbocycles. The van der Waals surface area contributed by atoms with Crippen LogP contribution in [0.25, 0.3) is 0 Å². The highest BCUT2D eigenvalue weighted by Crippen LogP contribution is 2.39. The zero-order chi connectivity index (χ0) is 16.2. The van der Waals surface area contributed by atoms with Crippen molar-refractivity contribution in [2.24, 2.45) is 0 Å². The van der Waals surface area contributed by atoms with Gasteiger partial charge in [0, 0.05) is 18.1 Å². The van der Waals surface area contributed by atoms with E-state index in [1.54, 1.807) is 24.4 Å². The van der Waals surface area contributed by atoms with Gasteiger partial charge in [-0.3, -0.25) is 10.1 Å². The number of thiazole rings is 1. The molecule has 0 N–H and O–H groups in total. The van der Waals surface area contributed by atoms with Crippen molar-refractivity contribution in [3.63, 3.8) is 0 Å². The highest BCUT2D eigenvalue weighted by molar-refractivity contribution is 7.09.